The predicted molar refractivity (Wildman–Crippen MR) is 118 cm³/mol. The average molecular weight is 395 g/mol. The SMILES string of the molecule is C=CCOc1ccc(C(=O)C=Cc2ccc(OC(C)C)c(OC(C)C)c2C)cc1. The van der Waals surface area contributed by atoms with Gasteiger partial charge >= 0.3 is 0 Å². The first-order valence-electron chi connectivity index (χ1n) is 9.85. The molecule has 29 heavy (non-hydrogen) atoms. The molecular formula is C25H30O4. The summed E-state index contributed by atoms with van der Waals surface area (Å²) >= 11 is 0. The summed E-state index contributed by atoms with van der Waals surface area (Å²) in [6.07, 6.45) is 5.13. The second-order valence-electron chi connectivity index (χ2n) is 7.26. The Morgan fingerprint density at radius 3 is 2.24 bits per heavy atom. The van der Waals surface area contributed by atoms with Gasteiger partial charge in [0.25, 0.3) is 0 Å². The summed E-state index contributed by atoms with van der Waals surface area (Å²) < 4.78 is 17.3. The molecule has 2 rings (SSSR count). The maximum Gasteiger partial charge on any atom is 0.185 e. The number of allylic oxidation sites excluding steroid dienone is 1. The third-order valence-electron chi connectivity index (χ3n) is 4.05. The lowest BCUT2D eigenvalue weighted by Gasteiger charge is -2.20. The normalized spacial score (nSPS) is 11.1. The van der Waals surface area contributed by atoms with Gasteiger partial charge in [-0.3, -0.25) is 4.79 Å². The van der Waals surface area contributed by atoms with Crippen molar-refractivity contribution in [3.63, 3.8) is 0 Å². The van der Waals surface area contributed by atoms with Crippen molar-refractivity contribution in [2.75, 3.05) is 6.61 Å². The fourth-order valence-electron chi connectivity index (χ4n) is 2.72. The molecular weight excluding hydrogens is 364 g/mol. The lowest BCUT2D eigenvalue weighted by molar-refractivity contribution is 0.104. The number of ether oxygens (including phenoxy) is 3. The van der Waals surface area contributed by atoms with Crippen molar-refractivity contribution in [1.29, 1.82) is 0 Å². The molecule has 0 atom stereocenters. The van der Waals surface area contributed by atoms with Crippen LogP contribution in [0.5, 0.6) is 17.2 Å². The van der Waals surface area contributed by atoms with E-state index in [9.17, 15) is 4.79 Å². The van der Waals surface area contributed by atoms with Gasteiger partial charge in [-0.2, -0.15) is 0 Å². The summed E-state index contributed by atoms with van der Waals surface area (Å²) in [5.74, 6) is 2.06. The van der Waals surface area contributed by atoms with E-state index in [-0.39, 0.29) is 18.0 Å². The van der Waals surface area contributed by atoms with Gasteiger partial charge < -0.3 is 14.2 Å². The van der Waals surface area contributed by atoms with Crippen molar-refractivity contribution in [3.8, 4) is 17.2 Å². The minimum Gasteiger partial charge on any atom is -0.490 e. The van der Waals surface area contributed by atoms with Crippen molar-refractivity contribution in [2.45, 2.75) is 46.8 Å². The molecule has 0 aromatic heterocycles. The van der Waals surface area contributed by atoms with Crippen LogP contribution in [0.1, 0.15) is 49.2 Å². The summed E-state index contributed by atoms with van der Waals surface area (Å²) in [5, 5.41) is 0. The van der Waals surface area contributed by atoms with E-state index in [2.05, 4.69) is 6.58 Å². The lowest BCUT2D eigenvalue weighted by Crippen LogP contribution is -2.12. The van der Waals surface area contributed by atoms with Gasteiger partial charge in [0.1, 0.15) is 12.4 Å². The number of carbonyl (C=O) groups excluding carboxylic acids is 1. The van der Waals surface area contributed by atoms with Crippen molar-refractivity contribution in [2.24, 2.45) is 0 Å². The van der Waals surface area contributed by atoms with E-state index >= 15 is 0 Å². The van der Waals surface area contributed by atoms with E-state index in [0.717, 1.165) is 11.1 Å². The van der Waals surface area contributed by atoms with Crippen LogP contribution >= 0.6 is 0 Å². The molecule has 0 bridgehead atoms. The van der Waals surface area contributed by atoms with Crippen LogP contribution < -0.4 is 14.2 Å². The highest BCUT2D eigenvalue weighted by atomic mass is 16.5. The molecule has 0 aliphatic heterocycles. The smallest absolute Gasteiger partial charge is 0.185 e. The zero-order valence-corrected chi connectivity index (χ0v) is 17.9. The molecule has 0 unspecified atom stereocenters. The van der Waals surface area contributed by atoms with Crippen molar-refractivity contribution in [3.05, 3.63) is 71.8 Å². The first-order valence-corrected chi connectivity index (χ1v) is 9.85. The minimum absolute atomic E-state index is 0.0193. The fourth-order valence-corrected chi connectivity index (χ4v) is 2.72. The van der Waals surface area contributed by atoms with Gasteiger partial charge in [-0.15, -0.1) is 0 Å². The second kappa shape index (κ2) is 10.5. The van der Waals surface area contributed by atoms with Crippen molar-refractivity contribution in [1.82, 2.24) is 0 Å². The molecule has 4 heteroatoms. The van der Waals surface area contributed by atoms with E-state index < -0.39 is 0 Å². The number of carbonyl (C=O) groups is 1. The first-order chi connectivity index (χ1) is 13.8. The molecule has 0 radical (unpaired) electrons. The lowest BCUT2D eigenvalue weighted by atomic mass is 10.0. The molecule has 2 aromatic rings. The highest BCUT2D eigenvalue weighted by Gasteiger charge is 2.14. The standard InChI is InChI=1S/C25H30O4/c1-7-16-27-22-12-8-21(9-13-22)23(26)14-10-20-11-15-24(28-17(2)3)25(19(20)6)29-18(4)5/h7-15,17-18H,1,16H2,2-6H3. The van der Waals surface area contributed by atoms with Crippen LogP contribution in [0.25, 0.3) is 6.08 Å². The van der Waals surface area contributed by atoms with Gasteiger partial charge in [0.05, 0.1) is 12.2 Å². The van der Waals surface area contributed by atoms with Crippen LogP contribution in [0.3, 0.4) is 0 Å². The monoisotopic (exact) mass is 394 g/mol. The molecule has 0 amide bonds. The van der Waals surface area contributed by atoms with E-state index in [0.29, 0.717) is 29.4 Å². The maximum atomic E-state index is 12.5. The Morgan fingerprint density at radius 1 is 1.00 bits per heavy atom. The second-order valence-corrected chi connectivity index (χ2v) is 7.26. The van der Waals surface area contributed by atoms with Gasteiger partial charge in [0.2, 0.25) is 0 Å². The largest absolute Gasteiger partial charge is 0.490 e. The van der Waals surface area contributed by atoms with E-state index in [1.807, 2.05) is 52.8 Å². The molecule has 4 nitrogen and oxygen atoms in total. The topological polar surface area (TPSA) is 44.8 Å². The Labute approximate surface area is 173 Å². The Morgan fingerprint density at radius 2 is 1.66 bits per heavy atom. The summed E-state index contributed by atoms with van der Waals surface area (Å²) in [4.78, 5) is 12.5. The first kappa shape index (κ1) is 22.3. The van der Waals surface area contributed by atoms with E-state index in [4.69, 9.17) is 14.2 Å². The summed E-state index contributed by atoms with van der Waals surface area (Å²) in [6, 6.07) is 10.9. The Kier molecular flexibility index (Phi) is 8.08. The van der Waals surface area contributed by atoms with Gasteiger partial charge in [-0.25, -0.2) is 0 Å². The van der Waals surface area contributed by atoms with Crippen LogP contribution in [-0.4, -0.2) is 24.6 Å². The molecule has 0 N–H and O–H groups in total. The van der Waals surface area contributed by atoms with Crippen LogP contribution in [-0.2, 0) is 0 Å². The number of hydrogen-bond donors (Lipinski definition) is 0. The average Bonchev–Trinajstić information content (AvgIpc) is 2.68. The van der Waals surface area contributed by atoms with Crippen LogP contribution in [0.2, 0.25) is 0 Å². The summed E-state index contributed by atoms with van der Waals surface area (Å²) in [7, 11) is 0. The third-order valence-corrected chi connectivity index (χ3v) is 4.05. The van der Waals surface area contributed by atoms with E-state index in [1.165, 1.54) is 0 Å². The minimum atomic E-state index is -0.0755. The van der Waals surface area contributed by atoms with Crippen LogP contribution in [0, 0.1) is 6.92 Å². The Hall–Kier alpha value is -3.01. The number of rotatable bonds is 10. The molecule has 0 saturated heterocycles. The maximum absolute atomic E-state index is 12.5. The van der Waals surface area contributed by atoms with Gasteiger partial charge in [-0.1, -0.05) is 24.8 Å². The number of benzene rings is 2. The highest BCUT2D eigenvalue weighted by molar-refractivity contribution is 6.07. The van der Waals surface area contributed by atoms with Crippen LogP contribution in [0.4, 0.5) is 0 Å². The van der Waals surface area contributed by atoms with Crippen molar-refractivity contribution >= 4 is 11.9 Å². The fraction of sp³-hybridized carbons (Fsp3) is 0.320. The Balaban J connectivity index is 2.22. The summed E-state index contributed by atoms with van der Waals surface area (Å²) in [6.45, 7) is 13.9. The molecule has 154 valence electrons. The molecule has 0 saturated carbocycles. The molecule has 0 aliphatic carbocycles. The number of hydrogen-bond acceptors (Lipinski definition) is 4. The van der Waals surface area contributed by atoms with Gasteiger partial charge in [0.15, 0.2) is 17.3 Å². The van der Waals surface area contributed by atoms with Crippen LogP contribution in [0.15, 0.2) is 55.1 Å². The molecule has 0 spiro atoms. The Bertz CT molecular complexity index is 861. The molecule has 0 fully saturated rings. The third kappa shape index (κ3) is 6.53. The summed E-state index contributed by atoms with van der Waals surface area (Å²) in [5.41, 5.74) is 2.45. The zero-order chi connectivity index (χ0) is 21.4. The molecule has 0 aliphatic rings. The predicted octanol–water partition coefficient (Wildman–Crippen LogP) is 6.03. The van der Waals surface area contributed by atoms with E-state index in [1.54, 1.807) is 36.4 Å². The zero-order valence-electron chi connectivity index (χ0n) is 17.9. The van der Waals surface area contributed by atoms with Gasteiger partial charge in [0, 0.05) is 11.1 Å². The quantitative estimate of drug-likeness (QED) is 0.280. The molecule has 2 aromatic carbocycles. The number of ketones is 1. The van der Waals surface area contributed by atoms with Crippen molar-refractivity contribution < 1.29 is 19.0 Å². The molecule has 0 heterocycles. The van der Waals surface area contributed by atoms with Gasteiger partial charge in [-0.05, 0) is 76.6 Å². The highest BCUT2D eigenvalue weighted by Crippen LogP contribution is 2.35.